The molecular weight excluding hydrogens is 1350 g/mol. The van der Waals surface area contributed by atoms with Crippen LogP contribution >= 0.6 is 0 Å². The van der Waals surface area contributed by atoms with Crippen molar-refractivity contribution in [3.8, 4) is 39.4 Å². The Balaban J connectivity index is 0.00000796. The van der Waals surface area contributed by atoms with Crippen molar-refractivity contribution in [2.45, 2.75) is 26.2 Å². The minimum absolute atomic E-state index is 0. The van der Waals surface area contributed by atoms with E-state index in [4.69, 9.17) is 17.6 Å². The Morgan fingerprint density at radius 2 is 1.00 bits per heavy atom. The molecule has 0 aliphatic carbocycles. The summed E-state index contributed by atoms with van der Waals surface area (Å²) in [6, 6.07) is 80.7. The van der Waals surface area contributed by atoms with Gasteiger partial charge in [0.05, 0.1) is 52.5 Å². The van der Waals surface area contributed by atoms with Crippen molar-refractivity contribution in [1.82, 2.24) is 22.9 Å². The van der Waals surface area contributed by atoms with E-state index < -0.39 is 60.4 Å². The first kappa shape index (κ1) is 47.3. The standard InChI is InChI=1S/C88H58N6O.Pt/c1-88(2,3)59-48-49-89-85(51-59)94-83-54-62-43-45-70(83)73-34-21-33-72(87(73)94)66-27-11-10-26-63(66)58-40-46-79-74(50-58)68-29-13-15-35-76(68)92(79)61-42-47-80-75(52-61)69-30-14-17-37-78(69)93(80)77-36-16-12-28-67(77)71-44-41-60(53-84(71)95-62)90-55-91(82-39-19-18-38-81(82)90)86-64(56-22-6-4-7-23-56)31-20-32-65(86)57-24-8-5-9-25-57;/h4-52H,1-3H3;/q-2;/i4D,5D,6D,7D,8D,9D,22D,23D,24D,25D;. The normalized spacial score (nSPS) is 13.5. The molecule has 0 N–H and O–H groups in total. The number of benzene rings is 13. The Hall–Kier alpha value is -11.6. The van der Waals surface area contributed by atoms with Gasteiger partial charge in [0, 0.05) is 81.9 Å². The second-order valence-corrected chi connectivity index (χ2v) is 25.1. The molecule has 13 aromatic carbocycles. The molecule has 96 heavy (non-hydrogen) atoms. The fraction of sp³-hybridized carbons (Fsp3) is 0.0455. The summed E-state index contributed by atoms with van der Waals surface area (Å²) in [6.07, 6.45) is 5.46. The Morgan fingerprint density at radius 3 is 1.70 bits per heavy atom. The average Bonchev–Trinajstić information content (AvgIpc) is 1.49. The zero-order valence-electron chi connectivity index (χ0n) is 61.9. The number of hydrogen-bond acceptors (Lipinski definition) is 2. The van der Waals surface area contributed by atoms with E-state index in [1.807, 2.05) is 60.8 Å². The predicted molar refractivity (Wildman–Crippen MR) is 393 cm³/mol. The van der Waals surface area contributed by atoms with E-state index in [1.54, 1.807) is 27.3 Å². The molecule has 0 unspecified atom stereocenters. The van der Waals surface area contributed by atoms with Crippen LogP contribution in [0.15, 0.2) is 302 Å². The van der Waals surface area contributed by atoms with Crippen LogP contribution in [-0.4, -0.2) is 22.9 Å². The van der Waals surface area contributed by atoms with Crippen LogP contribution < -0.4 is 4.57 Å². The molecule has 8 heterocycles. The van der Waals surface area contributed by atoms with Gasteiger partial charge < -0.3 is 22.4 Å². The minimum Gasteiger partial charge on any atom is -0.509 e. The first-order chi connectivity index (χ1) is 50.9. The quantitative estimate of drug-likeness (QED) is 0.127. The van der Waals surface area contributed by atoms with Crippen molar-refractivity contribution < 1.29 is 43.8 Å². The molecule has 458 valence electrons. The smallest absolute Gasteiger partial charge is 0.268 e. The Labute approximate surface area is 581 Å². The van der Waals surface area contributed by atoms with Crippen LogP contribution in [-0.2, 0) is 26.5 Å². The molecular formula is C88H58N6OPt-2. The van der Waals surface area contributed by atoms with Crippen LogP contribution in [0.3, 0.4) is 0 Å². The monoisotopic (exact) mass is 1420 g/mol. The van der Waals surface area contributed by atoms with Crippen LogP contribution in [0.5, 0.6) is 0 Å². The topological polar surface area (TPSA) is 48.6 Å². The number of rotatable bonds is 5. The first-order valence-corrected chi connectivity index (χ1v) is 31.6. The molecule has 0 radical (unpaired) electrons. The van der Waals surface area contributed by atoms with E-state index in [1.165, 1.54) is 0 Å². The summed E-state index contributed by atoms with van der Waals surface area (Å²) in [6.45, 7) is 6.60. The van der Waals surface area contributed by atoms with Gasteiger partial charge in [-0.1, -0.05) is 238 Å². The maximum atomic E-state index is 9.35. The van der Waals surface area contributed by atoms with Crippen molar-refractivity contribution in [2.75, 3.05) is 0 Å². The molecule has 21 aromatic rings. The van der Waals surface area contributed by atoms with Crippen LogP contribution in [0.2, 0.25) is 0 Å². The van der Waals surface area contributed by atoms with Crippen molar-refractivity contribution in [3.05, 3.63) is 321 Å². The molecule has 0 atom stereocenters. The molecule has 11 bridgehead atoms. The number of fused-ring (bicyclic) bond motifs is 4. The van der Waals surface area contributed by atoms with Gasteiger partial charge in [-0.15, -0.1) is 23.6 Å². The van der Waals surface area contributed by atoms with E-state index in [0.717, 1.165) is 109 Å². The average molecular weight is 1420 g/mol. The van der Waals surface area contributed by atoms with Gasteiger partial charge in [-0.3, -0.25) is 4.57 Å². The number of hydrogen-bond donors (Lipinski definition) is 0. The third-order valence-corrected chi connectivity index (χ3v) is 18.8. The maximum Gasteiger partial charge on any atom is 0.268 e. The molecule has 7 nitrogen and oxygen atoms in total. The maximum absolute atomic E-state index is 9.35. The molecule has 0 aliphatic rings. The molecule has 0 aliphatic heterocycles. The van der Waals surface area contributed by atoms with Gasteiger partial charge in [-0.05, 0) is 127 Å². The van der Waals surface area contributed by atoms with Crippen LogP contribution in [0.1, 0.15) is 40.0 Å². The first-order valence-electron chi connectivity index (χ1n) is 36.6. The summed E-state index contributed by atoms with van der Waals surface area (Å²) < 4.78 is 108. The number of para-hydroxylation sites is 7. The SMILES string of the molecule is [2H]c1c([2H])c([2H])c(-c2cccc(-c3c([2H])c([2H])c([2H])c([2H])c3[2H])c2-[n+]2[c-]n(-c3[c-]c4oc5[c-]c6c(cc5)c5cccc(c7ccccc7c7ccc8c(c7)c7ccccc7n8c7ccc8c(c7)c7ccccc7n8c7ccccc7c4cc3)c5n6-c3cc(C(C)(C)C)ccn3)c3ccccc32)c([2H])c1[2H].[Pt]. The van der Waals surface area contributed by atoms with Gasteiger partial charge in [-0.25, -0.2) is 4.98 Å². The fourth-order valence-electron chi connectivity index (χ4n) is 14.5. The van der Waals surface area contributed by atoms with Gasteiger partial charge >= 0.3 is 0 Å². The summed E-state index contributed by atoms with van der Waals surface area (Å²) in [5, 5.41) is 11.9. The number of aromatic nitrogens is 6. The van der Waals surface area contributed by atoms with Crippen LogP contribution in [0.25, 0.3) is 170 Å². The Bertz CT molecular complexity index is 7100. The number of imidazole rings is 1. The largest absolute Gasteiger partial charge is 0.509 e. The van der Waals surface area contributed by atoms with E-state index in [0.29, 0.717) is 39.1 Å². The summed E-state index contributed by atoms with van der Waals surface area (Å²) in [7, 11) is 0. The fourth-order valence-corrected chi connectivity index (χ4v) is 14.5. The molecule has 0 spiro atoms. The predicted octanol–water partition coefficient (Wildman–Crippen LogP) is 22.0. The molecule has 0 saturated carbocycles. The summed E-state index contributed by atoms with van der Waals surface area (Å²) >= 11 is 0. The van der Waals surface area contributed by atoms with Crippen LogP contribution in [0, 0.1) is 18.5 Å². The Kier molecular flexibility index (Phi) is 11.0. The zero-order valence-corrected chi connectivity index (χ0v) is 54.2. The molecule has 8 aromatic heterocycles. The summed E-state index contributed by atoms with van der Waals surface area (Å²) in [5.41, 5.74) is 10.8. The molecule has 21 rings (SSSR count). The van der Waals surface area contributed by atoms with Crippen molar-refractivity contribution in [2.24, 2.45) is 0 Å². The van der Waals surface area contributed by atoms with Gasteiger partial charge in [0.1, 0.15) is 5.82 Å². The molecule has 0 fully saturated rings. The zero-order chi connectivity index (χ0) is 71.7. The third-order valence-electron chi connectivity index (χ3n) is 18.8. The van der Waals surface area contributed by atoms with Crippen molar-refractivity contribution in [3.63, 3.8) is 0 Å². The van der Waals surface area contributed by atoms with Crippen LogP contribution in [0.4, 0.5) is 0 Å². The second-order valence-electron chi connectivity index (χ2n) is 25.1. The van der Waals surface area contributed by atoms with E-state index >= 15 is 0 Å². The molecule has 0 saturated heterocycles. The van der Waals surface area contributed by atoms with E-state index in [-0.39, 0.29) is 54.4 Å². The van der Waals surface area contributed by atoms with Crippen molar-refractivity contribution in [1.29, 1.82) is 0 Å². The van der Waals surface area contributed by atoms with Crippen molar-refractivity contribution >= 4 is 131 Å². The van der Waals surface area contributed by atoms with Gasteiger partial charge in [-0.2, -0.15) is 18.2 Å². The summed E-state index contributed by atoms with van der Waals surface area (Å²) in [4.78, 5) is 5.20. The van der Waals surface area contributed by atoms with E-state index in [2.05, 4.69) is 210 Å². The molecule has 0 amide bonds. The number of nitrogens with zero attached hydrogens (tertiary/aromatic N) is 6. The van der Waals surface area contributed by atoms with Gasteiger partial charge in [0.15, 0.2) is 0 Å². The number of pyridine rings is 1. The summed E-state index contributed by atoms with van der Waals surface area (Å²) in [5.74, 6) is 0.701. The van der Waals surface area contributed by atoms with Gasteiger partial charge in [0.25, 0.3) is 6.33 Å². The molecule has 8 heteroatoms. The van der Waals surface area contributed by atoms with E-state index in [9.17, 15) is 5.48 Å². The second kappa shape index (κ2) is 22.3. The Morgan fingerprint density at radius 1 is 0.448 bits per heavy atom. The van der Waals surface area contributed by atoms with Gasteiger partial charge in [0.2, 0.25) is 0 Å². The minimum atomic E-state index is -0.589. The third kappa shape index (κ3) is 8.91.